The van der Waals surface area contributed by atoms with Crippen LogP contribution in [-0.4, -0.2) is 15.0 Å². The number of sulfonamides is 1. The summed E-state index contributed by atoms with van der Waals surface area (Å²) in [6.07, 6.45) is 0.898. The number of anilines is 1. The summed E-state index contributed by atoms with van der Waals surface area (Å²) in [4.78, 5) is 0.229. The zero-order valence-corrected chi connectivity index (χ0v) is 16.2. The van der Waals surface area contributed by atoms with Crippen LogP contribution >= 0.6 is 24.0 Å². The molecule has 1 heterocycles. The normalized spacial score (nSPS) is 13.7. The zero-order chi connectivity index (χ0) is 17.4. The first-order chi connectivity index (χ1) is 12.0. The van der Waals surface area contributed by atoms with Crippen molar-refractivity contribution in [3.63, 3.8) is 0 Å². The fraction of sp³-hybridized carbons (Fsp3) is 0.158. The van der Waals surface area contributed by atoms with Crippen molar-refractivity contribution in [3.8, 4) is 0 Å². The largest absolute Gasteiger partial charge is 0.312 e. The van der Waals surface area contributed by atoms with Crippen molar-refractivity contribution in [1.82, 2.24) is 5.32 Å². The van der Waals surface area contributed by atoms with Gasteiger partial charge in [-0.05, 0) is 48.4 Å². The topological polar surface area (TPSA) is 58.2 Å². The standard InChI is InChI=1S/C19H17ClN2O2S.ClH/c20-18-5-1-4-17-16(18)3-2-6-19(17)25(23,24)22-15-8-7-14-12-21-10-9-13(14)11-15;/h1-8,11,21-22H,9-10,12H2;1H. The van der Waals surface area contributed by atoms with Crippen molar-refractivity contribution < 1.29 is 8.42 Å². The molecular formula is C19H18Cl2N2O2S. The molecule has 136 valence electrons. The lowest BCUT2D eigenvalue weighted by Gasteiger charge is -2.18. The Bertz CT molecular complexity index is 1070. The molecule has 2 N–H and O–H groups in total. The van der Waals surface area contributed by atoms with Gasteiger partial charge in [0, 0.05) is 28.0 Å². The highest BCUT2D eigenvalue weighted by molar-refractivity contribution is 7.93. The number of nitrogens with one attached hydrogen (secondary N) is 2. The Hall–Kier alpha value is -1.79. The third-order valence-corrected chi connectivity index (χ3v) is 6.23. The lowest BCUT2D eigenvalue weighted by Crippen LogP contribution is -2.23. The van der Waals surface area contributed by atoms with Crippen molar-refractivity contribution in [2.24, 2.45) is 0 Å². The van der Waals surface area contributed by atoms with Crippen LogP contribution in [0, 0.1) is 0 Å². The molecule has 0 atom stereocenters. The molecule has 4 nitrogen and oxygen atoms in total. The Morgan fingerprint density at radius 3 is 2.58 bits per heavy atom. The molecule has 0 spiro atoms. The number of fused-ring (bicyclic) bond motifs is 2. The molecule has 0 unspecified atom stereocenters. The van der Waals surface area contributed by atoms with Crippen LogP contribution in [0.15, 0.2) is 59.5 Å². The summed E-state index contributed by atoms with van der Waals surface area (Å²) in [6, 6.07) is 16.1. The second kappa shape index (κ2) is 7.45. The van der Waals surface area contributed by atoms with Crippen LogP contribution in [0.5, 0.6) is 0 Å². The van der Waals surface area contributed by atoms with Crippen LogP contribution < -0.4 is 10.0 Å². The monoisotopic (exact) mass is 408 g/mol. The van der Waals surface area contributed by atoms with Gasteiger partial charge in [-0.1, -0.05) is 41.9 Å². The highest BCUT2D eigenvalue weighted by Crippen LogP contribution is 2.30. The van der Waals surface area contributed by atoms with E-state index in [0.29, 0.717) is 16.1 Å². The molecule has 1 aliphatic heterocycles. The van der Waals surface area contributed by atoms with Gasteiger partial charge in [0.1, 0.15) is 0 Å². The molecule has 0 saturated heterocycles. The SMILES string of the molecule is Cl.O=S(=O)(Nc1ccc2c(c1)CCNC2)c1cccc2c(Cl)cccc12. The van der Waals surface area contributed by atoms with Crippen molar-refractivity contribution in [1.29, 1.82) is 0 Å². The first-order valence-corrected chi connectivity index (χ1v) is 9.93. The number of benzene rings is 3. The van der Waals surface area contributed by atoms with Gasteiger partial charge in [-0.25, -0.2) is 8.42 Å². The van der Waals surface area contributed by atoms with Gasteiger partial charge in [-0.3, -0.25) is 4.72 Å². The van der Waals surface area contributed by atoms with E-state index in [0.717, 1.165) is 24.9 Å². The summed E-state index contributed by atoms with van der Waals surface area (Å²) < 4.78 is 28.6. The van der Waals surface area contributed by atoms with E-state index in [1.54, 1.807) is 30.3 Å². The Labute approximate surface area is 164 Å². The average molecular weight is 409 g/mol. The maximum absolute atomic E-state index is 12.9. The maximum atomic E-state index is 12.9. The molecule has 0 aliphatic carbocycles. The van der Waals surface area contributed by atoms with E-state index >= 15 is 0 Å². The minimum absolute atomic E-state index is 0. The van der Waals surface area contributed by atoms with Crippen molar-refractivity contribution in [3.05, 3.63) is 70.7 Å². The molecule has 0 saturated carbocycles. The Morgan fingerprint density at radius 1 is 0.962 bits per heavy atom. The molecule has 0 bridgehead atoms. The minimum atomic E-state index is -3.71. The molecule has 1 aliphatic rings. The zero-order valence-electron chi connectivity index (χ0n) is 13.8. The number of halogens is 2. The van der Waals surface area contributed by atoms with Gasteiger partial charge in [-0.15, -0.1) is 12.4 Å². The fourth-order valence-corrected chi connectivity index (χ4v) is 4.74. The quantitative estimate of drug-likeness (QED) is 0.676. The van der Waals surface area contributed by atoms with Gasteiger partial charge in [0.25, 0.3) is 10.0 Å². The van der Waals surface area contributed by atoms with Gasteiger partial charge in [0.05, 0.1) is 4.90 Å². The number of hydrogen-bond donors (Lipinski definition) is 2. The lowest BCUT2D eigenvalue weighted by atomic mass is 10.0. The average Bonchev–Trinajstić information content (AvgIpc) is 2.61. The van der Waals surface area contributed by atoms with Crippen LogP contribution in [0.25, 0.3) is 10.8 Å². The Morgan fingerprint density at radius 2 is 1.73 bits per heavy atom. The second-order valence-electron chi connectivity index (χ2n) is 6.11. The van der Waals surface area contributed by atoms with E-state index in [1.165, 1.54) is 11.1 Å². The molecule has 0 fully saturated rings. The maximum Gasteiger partial charge on any atom is 0.262 e. The summed E-state index contributed by atoms with van der Waals surface area (Å²) in [5.41, 5.74) is 2.98. The van der Waals surface area contributed by atoms with Crippen LogP contribution in [0.1, 0.15) is 11.1 Å². The lowest BCUT2D eigenvalue weighted by molar-refractivity contribution is 0.602. The molecule has 0 aromatic heterocycles. The third kappa shape index (κ3) is 3.53. The number of hydrogen-bond acceptors (Lipinski definition) is 3. The van der Waals surface area contributed by atoms with Crippen molar-refractivity contribution in [2.75, 3.05) is 11.3 Å². The molecule has 4 rings (SSSR count). The molecule has 3 aromatic rings. The Kier molecular flexibility index (Phi) is 5.44. The van der Waals surface area contributed by atoms with Crippen LogP contribution in [0.4, 0.5) is 5.69 Å². The summed E-state index contributed by atoms with van der Waals surface area (Å²) in [6.45, 7) is 1.73. The Balaban J connectivity index is 0.00000196. The summed E-state index contributed by atoms with van der Waals surface area (Å²) in [5.74, 6) is 0. The number of rotatable bonds is 3. The predicted octanol–water partition coefficient (Wildman–Crippen LogP) is 4.36. The van der Waals surface area contributed by atoms with Gasteiger partial charge in [-0.2, -0.15) is 0 Å². The van der Waals surface area contributed by atoms with Gasteiger partial charge in [0.2, 0.25) is 0 Å². The van der Waals surface area contributed by atoms with Crippen LogP contribution in [0.3, 0.4) is 0 Å². The van der Waals surface area contributed by atoms with E-state index in [2.05, 4.69) is 10.0 Å². The summed E-state index contributed by atoms with van der Waals surface area (Å²) in [5, 5.41) is 5.19. The highest BCUT2D eigenvalue weighted by Gasteiger charge is 2.19. The molecular weight excluding hydrogens is 391 g/mol. The minimum Gasteiger partial charge on any atom is -0.312 e. The van der Waals surface area contributed by atoms with E-state index in [4.69, 9.17) is 11.6 Å². The molecule has 7 heteroatoms. The van der Waals surface area contributed by atoms with Gasteiger partial charge >= 0.3 is 0 Å². The van der Waals surface area contributed by atoms with Crippen LogP contribution in [-0.2, 0) is 23.0 Å². The summed E-state index contributed by atoms with van der Waals surface area (Å²) in [7, 11) is -3.71. The van der Waals surface area contributed by atoms with E-state index < -0.39 is 10.0 Å². The first kappa shape index (κ1) is 19.0. The predicted molar refractivity (Wildman–Crippen MR) is 109 cm³/mol. The highest BCUT2D eigenvalue weighted by atomic mass is 35.5. The van der Waals surface area contributed by atoms with E-state index in [1.807, 2.05) is 24.3 Å². The second-order valence-corrected chi connectivity index (χ2v) is 8.16. The van der Waals surface area contributed by atoms with Crippen LogP contribution in [0.2, 0.25) is 5.02 Å². The third-order valence-electron chi connectivity index (χ3n) is 4.46. The molecule has 0 amide bonds. The van der Waals surface area contributed by atoms with E-state index in [9.17, 15) is 8.42 Å². The van der Waals surface area contributed by atoms with E-state index in [-0.39, 0.29) is 17.3 Å². The van der Waals surface area contributed by atoms with Gasteiger partial charge in [0.15, 0.2) is 0 Å². The molecule has 3 aromatic carbocycles. The summed E-state index contributed by atoms with van der Waals surface area (Å²) >= 11 is 6.20. The van der Waals surface area contributed by atoms with Crippen molar-refractivity contribution >= 4 is 50.5 Å². The molecule has 0 radical (unpaired) electrons. The van der Waals surface area contributed by atoms with Crippen molar-refractivity contribution in [2.45, 2.75) is 17.9 Å². The smallest absolute Gasteiger partial charge is 0.262 e. The fourth-order valence-electron chi connectivity index (χ4n) is 3.23. The molecule has 26 heavy (non-hydrogen) atoms. The van der Waals surface area contributed by atoms with Gasteiger partial charge < -0.3 is 5.32 Å². The first-order valence-electron chi connectivity index (χ1n) is 8.07.